The maximum atomic E-state index is 12.0. The van der Waals surface area contributed by atoms with Gasteiger partial charge >= 0.3 is 0 Å². The Hall–Kier alpha value is -1.35. The molecular weight excluding hydrogens is 238 g/mol. The van der Waals surface area contributed by atoms with Crippen LogP contribution in [0.15, 0.2) is 24.3 Å². The summed E-state index contributed by atoms with van der Waals surface area (Å²) in [6, 6.07) is 8.15. The van der Waals surface area contributed by atoms with Gasteiger partial charge in [0.25, 0.3) is 0 Å². The summed E-state index contributed by atoms with van der Waals surface area (Å²) in [7, 11) is 0. The number of rotatable bonds is 4. The number of carbonyl (C=O) groups excluding carboxylic acids is 1. The van der Waals surface area contributed by atoms with Crippen molar-refractivity contribution in [3.8, 4) is 5.75 Å². The zero-order chi connectivity index (χ0) is 13.9. The van der Waals surface area contributed by atoms with Gasteiger partial charge in [-0.15, -0.1) is 0 Å². The molecule has 0 aliphatic carbocycles. The first-order valence-corrected chi connectivity index (χ1v) is 7.04. The third-order valence-corrected chi connectivity index (χ3v) is 3.89. The van der Waals surface area contributed by atoms with E-state index in [0.717, 1.165) is 25.3 Å². The number of nitrogens with zero attached hydrogens (tertiary/aromatic N) is 1. The van der Waals surface area contributed by atoms with Crippen LogP contribution in [0, 0.1) is 0 Å². The number of ketones is 1. The van der Waals surface area contributed by atoms with Crippen molar-refractivity contribution in [2.24, 2.45) is 0 Å². The largest absolute Gasteiger partial charge is 0.494 e. The lowest BCUT2D eigenvalue weighted by atomic mass is 9.88. The minimum Gasteiger partial charge on any atom is -0.494 e. The lowest BCUT2D eigenvalue weighted by molar-refractivity contribution is -0.133. The van der Waals surface area contributed by atoms with Crippen molar-refractivity contribution in [3.05, 3.63) is 29.8 Å². The molecule has 0 radical (unpaired) electrons. The van der Waals surface area contributed by atoms with Gasteiger partial charge in [0, 0.05) is 13.0 Å². The minimum absolute atomic E-state index is 0.347. The van der Waals surface area contributed by atoms with E-state index in [4.69, 9.17) is 4.74 Å². The molecule has 0 saturated carbocycles. The molecule has 0 N–H and O–H groups in total. The van der Waals surface area contributed by atoms with E-state index in [1.165, 1.54) is 5.56 Å². The van der Waals surface area contributed by atoms with Crippen LogP contribution in [0.2, 0.25) is 0 Å². The Kier molecular flexibility index (Phi) is 4.25. The summed E-state index contributed by atoms with van der Waals surface area (Å²) in [5.74, 6) is 1.25. The second kappa shape index (κ2) is 5.74. The number of Topliss-reactive ketones (excluding diaryl/α,β-unsaturated/α-hetero) is 1. The molecule has 1 heterocycles. The first-order chi connectivity index (χ1) is 9.04. The summed E-state index contributed by atoms with van der Waals surface area (Å²) < 4.78 is 5.52. The molecule has 1 aromatic rings. The predicted molar refractivity (Wildman–Crippen MR) is 76.3 cm³/mol. The van der Waals surface area contributed by atoms with Crippen LogP contribution in [-0.4, -0.2) is 29.4 Å². The van der Waals surface area contributed by atoms with E-state index < -0.39 is 0 Å². The van der Waals surface area contributed by atoms with Crippen molar-refractivity contribution in [2.75, 3.05) is 13.2 Å². The van der Waals surface area contributed by atoms with E-state index in [1.807, 2.05) is 32.9 Å². The lowest BCUT2D eigenvalue weighted by Crippen LogP contribution is -2.53. The van der Waals surface area contributed by atoms with Crippen LogP contribution in [-0.2, 0) is 11.3 Å². The average Bonchev–Trinajstić information content (AvgIpc) is 2.36. The Balaban J connectivity index is 2.11. The number of ether oxygens (including phenoxy) is 1. The van der Waals surface area contributed by atoms with Crippen LogP contribution in [0.5, 0.6) is 5.75 Å². The Morgan fingerprint density at radius 3 is 2.89 bits per heavy atom. The van der Waals surface area contributed by atoms with Gasteiger partial charge in [-0.05, 0) is 51.4 Å². The fourth-order valence-electron chi connectivity index (χ4n) is 2.59. The van der Waals surface area contributed by atoms with Crippen molar-refractivity contribution in [2.45, 2.75) is 45.7 Å². The molecule has 0 aromatic heterocycles. The van der Waals surface area contributed by atoms with Gasteiger partial charge < -0.3 is 4.74 Å². The van der Waals surface area contributed by atoms with Gasteiger partial charge in [-0.25, -0.2) is 0 Å². The van der Waals surface area contributed by atoms with Gasteiger partial charge in [-0.1, -0.05) is 12.1 Å². The molecular formula is C16H23NO2. The molecule has 1 aliphatic rings. The van der Waals surface area contributed by atoms with Crippen molar-refractivity contribution >= 4 is 5.78 Å². The maximum Gasteiger partial charge on any atom is 0.152 e. The zero-order valence-electron chi connectivity index (χ0n) is 12.1. The third-order valence-electron chi connectivity index (χ3n) is 3.89. The van der Waals surface area contributed by atoms with E-state index in [-0.39, 0.29) is 5.54 Å². The van der Waals surface area contributed by atoms with E-state index in [1.54, 1.807) is 0 Å². The number of hydrogen-bond donors (Lipinski definition) is 0. The number of likely N-dealkylation sites (tertiary alicyclic amines) is 1. The molecule has 1 saturated heterocycles. The summed E-state index contributed by atoms with van der Waals surface area (Å²) in [5, 5.41) is 0. The normalized spacial score (nSPS) is 19.4. The molecule has 0 amide bonds. The fraction of sp³-hybridized carbons (Fsp3) is 0.562. The molecule has 0 atom stereocenters. The Bertz CT molecular complexity index is 454. The molecule has 1 aliphatic heterocycles. The van der Waals surface area contributed by atoms with Crippen LogP contribution in [0.4, 0.5) is 0 Å². The Labute approximate surface area is 115 Å². The molecule has 3 heteroatoms. The van der Waals surface area contributed by atoms with Crippen LogP contribution < -0.4 is 4.74 Å². The van der Waals surface area contributed by atoms with Gasteiger partial charge in [-0.3, -0.25) is 9.69 Å². The Morgan fingerprint density at radius 1 is 1.37 bits per heavy atom. The van der Waals surface area contributed by atoms with Gasteiger partial charge in [0.1, 0.15) is 5.75 Å². The Morgan fingerprint density at radius 2 is 2.16 bits per heavy atom. The number of benzene rings is 1. The molecule has 0 unspecified atom stereocenters. The molecule has 1 fully saturated rings. The van der Waals surface area contributed by atoms with Crippen molar-refractivity contribution in [1.82, 2.24) is 4.90 Å². The highest BCUT2D eigenvalue weighted by atomic mass is 16.5. The first kappa shape index (κ1) is 14.1. The summed E-state index contributed by atoms with van der Waals surface area (Å²) >= 11 is 0. The average molecular weight is 261 g/mol. The highest BCUT2D eigenvalue weighted by Crippen LogP contribution is 2.26. The van der Waals surface area contributed by atoms with Crippen molar-refractivity contribution in [3.63, 3.8) is 0 Å². The number of carbonyl (C=O) groups is 1. The van der Waals surface area contributed by atoms with Crippen LogP contribution in [0.3, 0.4) is 0 Å². The lowest BCUT2D eigenvalue weighted by Gasteiger charge is -2.41. The van der Waals surface area contributed by atoms with E-state index >= 15 is 0 Å². The van der Waals surface area contributed by atoms with E-state index in [2.05, 4.69) is 17.0 Å². The number of hydrogen-bond acceptors (Lipinski definition) is 3. The quantitative estimate of drug-likeness (QED) is 0.834. The summed E-state index contributed by atoms with van der Waals surface area (Å²) in [6.45, 7) is 8.51. The molecule has 3 nitrogen and oxygen atoms in total. The molecule has 2 rings (SSSR count). The second-order valence-corrected chi connectivity index (χ2v) is 5.59. The van der Waals surface area contributed by atoms with Crippen molar-refractivity contribution < 1.29 is 9.53 Å². The topological polar surface area (TPSA) is 29.5 Å². The summed E-state index contributed by atoms with van der Waals surface area (Å²) in [4.78, 5) is 14.3. The van der Waals surface area contributed by atoms with Crippen molar-refractivity contribution in [1.29, 1.82) is 0 Å². The van der Waals surface area contributed by atoms with Gasteiger partial charge in [0.05, 0.1) is 12.1 Å². The summed E-state index contributed by atoms with van der Waals surface area (Å²) in [5.41, 5.74) is 0.855. The minimum atomic E-state index is -0.347. The van der Waals surface area contributed by atoms with Crippen LogP contribution in [0.1, 0.15) is 39.2 Å². The van der Waals surface area contributed by atoms with Crippen LogP contribution >= 0.6 is 0 Å². The predicted octanol–water partition coefficient (Wildman–Crippen LogP) is 3.03. The number of piperidine rings is 1. The third kappa shape index (κ3) is 3.16. The maximum absolute atomic E-state index is 12.0. The van der Waals surface area contributed by atoms with Gasteiger partial charge in [0.2, 0.25) is 0 Å². The van der Waals surface area contributed by atoms with E-state index in [9.17, 15) is 4.79 Å². The van der Waals surface area contributed by atoms with E-state index in [0.29, 0.717) is 18.8 Å². The van der Waals surface area contributed by atoms with Gasteiger partial charge in [-0.2, -0.15) is 0 Å². The molecule has 0 spiro atoms. The zero-order valence-corrected chi connectivity index (χ0v) is 12.1. The van der Waals surface area contributed by atoms with Gasteiger partial charge in [0.15, 0.2) is 5.78 Å². The smallest absolute Gasteiger partial charge is 0.152 e. The molecule has 19 heavy (non-hydrogen) atoms. The second-order valence-electron chi connectivity index (χ2n) is 5.59. The van der Waals surface area contributed by atoms with Crippen LogP contribution in [0.25, 0.3) is 0 Å². The summed E-state index contributed by atoms with van der Waals surface area (Å²) in [6.07, 6.45) is 1.68. The first-order valence-electron chi connectivity index (χ1n) is 7.04. The SMILES string of the molecule is CCOc1cccc(CN2CCCC(=O)C2(C)C)c1. The molecule has 0 bridgehead atoms. The highest BCUT2D eigenvalue weighted by molar-refractivity contribution is 5.88. The fourth-order valence-corrected chi connectivity index (χ4v) is 2.59. The standard InChI is InChI=1S/C16H23NO2/c1-4-19-14-8-5-7-13(11-14)12-17-10-6-9-15(18)16(17,2)3/h5,7-8,11H,4,6,9-10,12H2,1-3H3. The molecule has 104 valence electrons. The molecule has 1 aromatic carbocycles. The monoisotopic (exact) mass is 261 g/mol. The highest BCUT2D eigenvalue weighted by Gasteiger charge is 2.36.